The molecular formula is C14H9NO3. The van der Waals surface area contributed by atoms with Crippen molar-refractivity contribution in [2.75, 3.05) is 0 Å². The zero-order valence-corrected chi connectivity index (χ0v) is 9.34. The maximum atomic E-state index is 11.9. The molecule has 0 spiro atoms. The van der Waals surface area contributed by atoms with E-state index in [-0.39, 0.29) is 11.2 Å². The van der Waals surface area contributed by atoms with Crippen LogP contribution in [0.1, 0.15) is 10.6 Å². The van der Waals surface area contributed by atoms with E-state index in [4.69, 9.17) is 10.2 Å². The van der Waals surface area contributed by atoms with Crippen LogP contribution in [0.5, 0.6) is 0 Å². The molecule has 2 aromatic carbocycles. The lowest BCUT2D eigenvalue weighted by Crippen LogP contribution is -2.14. The van der Waals surface area contributed by atoms with Gasteiger partial charge in [0, 0.05) is 11.5 Å². The lowest BCUT2D eigenvalue weighted by molar-refractivity contribution is 0.0974. The Morgan fingerprint density at radius 1 is 1.06 bits per heavy atom. The molecule has 0 fully saturated rings. The van der Waals surface area contributed by atoms with Crippen molar-refractivity contribution in [3.8, 4) is 0 Å². The van der Waals surface area contributed by atoms with E-state index in [0.29, 0.717) is 11.0 Å². The molecule has 0 radical (unpaired) electrons. The summed E-state index contributed by atoms with van der Waals surface area (Å²) in [5, 5.41) is 2.17. The summed E-state index contributed by atoms with van der Waals surface area (Å²) in [7, 11) is 0. The molecule has 0 saturated heterocycles. The molecule has 0 unspecified atom stereocenters. The van der Waals surface area contributed by atoms with Crippen molar-refractivity contribution < 1.29 is 9.21 Å². The average Bonchev–Trinajstić information content (AvgIpc) is 2.38. The molecule has 0 bridgehead atoms. The van der Waals surface area contributed by atoms with Crippen molar-refractivity contribution in [1.82, 2.24) is 0 Å². The van der Waals surface area contributed by atoms with Crippen molar-refractivity contribution in [3.63, 3.8) is 0 Å². The quantitative estimate of drug-likeness (QED) is 0.660. The van der Waals surface area contributed by atoms with Gasteiger partial charge in [-0.05, 0) is 11.5 Å². The minimum absolute atomic E-state index is 0.121. The second-order valence-corrected chi connectivity index (χ2v) is 4.00. The number of hydrogen-bond donors (Lipinski definition) is 1. The molecule has 0 aliphatic rings. The highest BCUT2D eigenvalue weighted by atomic mass is 16.3. The van der Waals surface area contributed by atoms with Crippen LogP contribution in [-0.4, -0.2) is 5.91 Å². The van der Waals surface area contributed by atoms with Crippen LogP contribution in [0.4, 0.5) is 0 Å². The molecule has 4 heteroatoms. The summed E-state index contributed by atoms with van der Waals surface area (Å²) in [6.45, 7) is 0. The van der Waals surface area contributed by atoms with Crippen molar-refractivity contribution in [1.29, 1.82) is 0 Å². The van der Waals surface area contributed by atoms with Crippen LogP contribution >= 0.6 is 0 Å². The molecule has 0 atom stereocenters. The third-order valence-corrected chi connectivity index (χ3v) is 2.86. The summed E-state index contributed by atoms with van der Waals surface area (Å²) in [5.74, 6) is -0.870. The minimum Gasteiger partial charge on any atom is -0.450 e. The van der Waals surface area contributed by atoms with Crippen LogP contribution in [0, 0.1) is 0 Å². The zero-order chi connectivity index (χ0) is 12.7. The molecule has 1 amide bonds. The zero-order valence-electron chi connectivity index (χ0n) is 9.34. The maximum absolute atomic E-state index is 11.9. The Morgan fingerprint density at radius 3 is 2.61 bits per heavy atom. The first-order valence-electron chi connectivity index (χ1n) is 5.42. The lowest BCUT2D eigenvalue weighted by atomic mass is 10.1. The summed E-state index contributed by atoms with van der Waals surface area (Å²) >= 11 is 0. The molecule has 1 heterocycles. The second-order valence-electron chi connectivity index (χ2n) is 4.00. The van der Waals surface area contributed by atoms with Crippen molar-refractivity contribution in [3.05, 3.63) is 58.4 Å². The molecule has 4 nitrogen and oxygen atoms in total. The molecule has 3 aromatic rings. The van der Waals surface area contributed by atoms with Gasteiger partial charge in [-0.15, -0.1) is 0 Å². The molecule has 0 aliphatic carbocycles. The van der Waals surface area contributed by atoms with Crippen LogP contribution in [-0.2, 0) is 0 Å². The number of carbonyl (C=O) groups excluding carboxylic acids is 1. The highest BCUT2D eigenvalue weighted by molar-refractivity contribution is 6.04. The fourth-order valence-corrected chi connectivity index (χ4v) is 2.00. The van der Waals surface area contributed by atoms with Crippen molar-refractivity contribution in [2.45, 2.75) is 0 Å². The third-order valence-electron chi connectivity index (χ3n) is 2.86. The monoisotopic (exact) mass is 239 g/mol. The normalized spacial score (nSPS) is 10.9. The lowest BCUT2D eigenvalue weighted by Gasteiger charge is -2.03. The molecule has 88 valence electrons. The van der Waals surface area contributed by atoms with E-state index in [1.54, 1.807) is 6.07 Å². The van der Waals surface area contributed by atoms with E-state index in [1.807, 2.05) is 30.3 Å². The van der Waals surface area contributed by atoms with Gasteiger partial charge in [0.25, 0.3) is 5.91 Å². The molecule has 2 N–H and O–H groups in total. The Morgan fingerprint density at radius 2 is 1.83 bits per heavy atom. The number of carbonyl (C=O) groups is 1. The molecule has 3 rings (SSSR count). The van der Waals surface area contributed by atoms with Crippen LogP contribution < -0.4 is 11.2 Å². The van der Waals surface area contributed by atoms with Gasteiger partial charge in [-0.25, -0.2) is 0 Å². The van der Waals surface area contributed by atoms with Gasteiger partial charge < -0.3 is 10.2 Å². The smallest absolute Gasteiger partial charge is 0.284 e. The van der Waals surface area contributed by atoms with Crippen molar-refractivity contribution >= 4 is 27.6 Å². The Bertz CT molecular complexity index is 833. The second kappa shape index (κ2) is 3.70. The van der Waals surface area contributed by atoms with Crippen LogP contribution in [0.25, 0.3) is 21.7 Å². The standard InChI is InChI=1S/C14H9NO3/c15-14(17)12-7-11(16)10-6-5-8-3-1-2-4-9(8)13(10)18-12/h1-7H,(H2,15,17). The van der Waals surface area contributed by atoms with Gasteiger partial charge in [0.1, 0.15) is 5.58 Å². The van der Waals surface area contributed by atoms with E-state index in [0.717, 1.165) is 16.8 Å². The molecule has 0 aliphatic heterocycles. The Hall–Kier alpha value is -2.62. The maximum Gasteiger partial charge on any atom is 0.284 e. The predicted molar refractivity (Wildman–Crippen MR) is 68.5 cm³/mol. The first kappa shape index (κ1) is 10.5. The van der Waals surface area contributed by atoms with Gasteiger partial charge in [-0.3, -0.25) is 9.59 Å². The van der Waals surface area contributed by atoms with Gasteiger partial charge in [-0.2, -0.15) is 0 Å². The highest BCUT2D eigenvalue weighted by Crippen LogP contribution is 2.23. The van der Waals surface area contributed by atoms with Gasteiger partial charge >= 0.3 is 0 Å². The third kappa shape index (κ3) is 1.47. The van der Waals surface area contributed by atoms with E-state index >= 15 is 0 Å². The van der Waals surface area contributed by atoms with Crippen LogP contribution in [0.15, 0.2) is 51.7 Å². The Labute approximate surface area is 102 Å². The topological polar surface area (TPSA) is 73.3 Å². The minimum atomic E-state index is -0.748. The first-order chi connectivity index (χ1) is 8.66. The summed E-state index contributed by atoms with van der Waals surface area (Å²) in [6, 6.07) is 12.1. The van der Waals surface area contributed by atoms with E-state index in [1.165, 1.54) is 0 Å². The predicted octanol–water partition coefficient (Wildman–Crippen LogP) is 2.05. The number of primary amides is 1. The largest absolute Gasteiger partial charge is 0.450 e. The van der Waals surface area contributed by atoms with Gasteiger partial charge in [0.2, 0.25) is 0 Å². The van der Waals surface area contributed by atoms with Gasteiger partial charge in [0.05, 0.1) is 5.39 Å². The number of amides is 1. The molecule has 18 heavy (non-hydrogen) atoms. The number of rotatable bonds is 1. The van der Waals surface area contributed by atoms with Crippen molar-refractivity contribution in [2.24, 2.45) is 5.73 Å². The molecule has 0 saturated carbocycles. The van der Waals surface area contributed by atoms with Gasteiger partial charge in [0.15, 0.2) is 11.2 Å². The summed E-state index contributed by atoms with van der Waals surface area (Å²) in [5.41, 5.74) is 5.28. The SMILES string of the molecule is NC(=O)c1cc(=O)c2ccc3ccccc3c2o1. The summed E-state index contributed by atoms with van der Waals surface area (Å²) < 4.78 is 5.44. The van der Waals surface area contributed by atoms with E-state index in [2.05, 4.69) is 0 Å². The number of fused-ring (bicyclic) bond motifs is 3. The Kier molecular flexibility index (Phi) is 2.16. The first-order valence-corrected chi connectivity index (χ1v) is 5.42. The van der Waals surface area contributed by atoms with Crippen LogP contribution in [0.3, 0.4) is 0 Å². The van der Waals surface area contributed by atoms with E-state index in [9.17, 15) is 9.59 Å². The Balaban J connectivity index is 2.56. The van der Waals surface area contributed by atoms with Crippen LogP contribution in [0.2, 0.25) is 0 Å². The fraction of sp³-hybridized carbons (Fsp3) is 0. The summed E-state index contributed by atoms with van der Waals surface area (Å²) in [4.78, 5) is 23.0. The number of benzene rings is 2. The van der Waals surface area contributed by atoms with E-state index < -0.39 is 5.91 Å². The summed E-state index contributed by atoms with van der Waals surface area (Å²) in [6.07, 6.45) is 0. The highest BCUT2D eigenvalue weighted by Gasteiger charge is 2.11. The molecule has 1 aromatic heterocycles. The number of hydrogen-bond acceptors (Lipinski definition) is 3. The fourth-order valence-electron chi connectivity index (χ4n) is 2.00. The molecular weight excluding hydrogens is 230 g/mol. The van der Waals surface area contributed by atoms with Gasteiger partial charge in [-0.1, -0.05) is 30.3 Å². The average molecular weight is 239 g/mol. The number of nitrogens with two attached hydrogens (primary N) is 1.